The number of amides is 5. The van der Waals surface area contributed by atoms with Crippen molar-refractivity contribution in [3.05, 3.63) is 76.2 Å². The van der Waals surface area contributed by atoms with E-state index in [1.807, 2.05) is 11.0 Å². The smallest absolute Gasteiger partial charge is 0.262 e. The number of imide groups is 2. The number of nitrogens with zero attached hydrogens (tertiary/aromatic N) is 7. The number of anilines is 2. The lowest BCUT2D eigenvalue weighted by Crippen LogP contribution is -2.61. The average molecular weight is 941 g/mol. The zero-order chi connectivity index (χ0) is 46.9. The summed E-state index contributed by atoms with van der Waals surface area (Å²) in [6.07, 6.45) is 5.14. The van der Waals surface area contributed by atoms with Gasteiger partial charge in [-0.3, -0.25) is 39.1 Å². The Morgan fingerprint density at radius 3 is 2.35 bits per heavy atom. The minimum absolute atomic E-state index is 0.0232. The second-order valence-electron chi connectivity index (χ2n) is 18.9. The molecule has 5 aliphatic rings. The van der Waals surface area contributed by atoms with Crippen LogP contribution >= 0.6 is 11.3 Å². The van der Waals surface area contributed by atoms with Crippen molar-refractivity contribution < 1.29 is 36.8 Å². The topological polar surface area (TPSA) is 235 Å². The molecule has 0 bridgehead atoms. The van der Waals surface area contributed by atoms with Crippen LogP contribution in [0.2, 0.25) is 0 Å². The van der Waals surface area contributed by atoms with Crippen LogP contribution < -0.4 is 21.1 Å². The number of halogens is 1. The first-order valence-corrected chi connectivity index (χ1v) is 24.8. The van der Waals surface area contributed by atoms with Crippen molar-refractivity contribution in [1.82, 2.24) is 35.0 Å². The molecule has 0 aliphatic carbocycles. The van der Waals surface area contributed by atoms with Crippen molar-refractivity contribution in [1.29, 1.82) is 0 Å². The Morgan fingerprint density at radius 2 is 1.68 bits per heavy atom. The molecule has 17 nitrogen and oxygen atoms in total. The van der Waals surface area contributed by atoms with Gasteiger partial charge >= 0.3 is 0 Å². The van der Waals surface area contributed by atoms with Crippen LogP contribution in [-0.4, -0.2) is 119 Å². The first-order chi connectivity index (χ1) is 31.4. The van der Waals surface area contributed by atoms with E-state index in [9.17, 15) is 32.4 Å². The van der Waals surface area contributed by atoms with Gasteiger partial charge in [-0.15, -0.1) is 11.3 Å². The van der Waals surface area contributed by atoms with Gasteiger partial charge in [0.1, 0.15) is 17.1 Å². The van der Waals surface area contributed by atoms with Gasteiger partial charge in [0.2, 0.25) is 33.7 Å². The van der Waals surface area contributed by atoms with Gasteiger partial charge in [-0.2, -0.15) is 0 Å². The van der Waals surface area contributed by atoms with Crippen molar-refractivity contribution >= 4 is 62.5 Å². The third-order valence-corrected chi connectivity index (χ3v) is 17.3. The van der Waals surface area contributed by atoms with E-state index in [0.29, 0.717) is 35.9 Å². The van der Waals surface area contributed by atoms with Crippen molar-refractivity contribution in [2.45, 2.75) is 82.4 Å². The molecule has 5 aliphatic heterocycles. The minimum Gasteiger partial charge on any atom is -0.370 e. The van der Waals surface area contributed by atoms with Gasteiger partial charge in [0.05, 0.1) is 38.9 Å². The maximum absolute atomic E-state index is 16.4. The number of fused-ring (bicyclic) bond motifs is 1. The Balaban J connectivity index is 0.806. The van der Waals surface area contributed by atoms with Crippen LogP contribution in [0.5, 0.6) is 0 Å². The number of carbonyl (C=O) groups excluding carboxylic acids is 5. The molecule has 2 aromatic heterocycles. The third kappa shape index (κ3) is 8.25. The number of likely N-dealkylation sites (tertiary alicyclic amines) is 2. The lowest BCUT2D eigenvalue weighted by atomic mass is 9.71. The van der Waals surface area contributed by atoms with Crippen molar-refractivity contribution in [2.75, 3.05) is 56.4 Å². The molecular weight excluding hydrogens is 888 g/mol. The number of benzene rings is 2. The number of rotatable bonds is 11. The molecule has 5 amide bonds. The monoisotopic (exact) mass is 940 g/mol. The molecule has 4 aromatic rings. The second-order valence-corrected chi connectivity index (χ2v) is 21.6. The highest BCUT2D eigenvalue weighted by Crippen LogP contribution is 2.47. The molecule has 66 heavy (non-hydrogen) atoms. The summed E-state index contributed by atoms with van der Waals surface area (Å²) in [5.41, 5.74) is 7.87. The van der Waals surface area contributed by atoms with E-state index in [-0.39, 0.29) is 64.7 Å². The summed E-state index contributed by atoms with van der Waals surface area (Å²) in [5, 5.41) is 7.28. The summed E-state index contributed by atoms with van der Waals surface area (Å²) in [6, 6.07) is 10.5. The van der Waals surface area contributed by atoms with Gasteiger partial charge in [-0.1, -0.05) is 32.9 Å². The highest BCUT2D eigenvalue weighted by molar-refractivity contribution is 7.89. The van der Waals surface area contributed by atoms with Crippen LogP contribution in [0.15, 0.2) is 48.7 Å². The molecule has 348 valence electrons. The van der Waals surface area contributed by atoms with E-state index in [4.69, 9.17) is 15.9 Å². The largest absolute Gasteiger partial charge is 0.370 e. The number of nitrogens with one attached hydrogen (secondary N) is 1. The zero-order valence-electron chi connectivity index (χ0n) is 37.1. The average Bonchev–Trinajstić information content (AvgIpc) is 3.83. The van der Waals surface area contributed by atoms with Crippen LogP contribution in [0.4, 0.5) is 16.0 Å². The van der Waals surface area contributed by atoms with Gasteiger partial charge in [-0.05, 0) is 87.9 Å². The molecule has 4 saturated heterocycles. The second kappa shape index (κ2) is 17.2. The van der Waals surface area contributed by atoms with E-state index < -0.39 is 56.2 Å². The number of carbonyl (C=O) groups is 5. The maximum Gasteiger partial charge on any atom is 0.262 e. The molecule has 0 saturated carbocycles. The van der Waals surface area contributed by atoms with Gasteiger partial charge in [0.15, 0.2) is 0 Å². The summed E-state index contributed by atoms with van der Waals surface area (Å²) in [4.78, 5) is 85.9. The van der Waals surface area contributed by atoms with Gasteiger partial charge in [-0.25, -0.2) is 32.9 Å². The van der Waals surface area contributed by atoms with Crippen LogP contribution in [-0.2, 0) is 29.8 Å². The van der Waals surface area contributed by atoms with E-state index in [2.05, 4.69) is 38.9 Å². The number of sulfonamides is 1. The SMILES string of the molecule is CCC(c1cccc(-c2nc(C(C)(C)C3CCN(C(=O)CN4CCC5(CC4)CN(c4ccc6c(c4)C(=O)N(C4CCC(=O)NC4=O)C6=O)C5)CC3)sc2-c2ccnc(N)n2)c1F)S(N)(=O)=O. The predicted octanol–water partition coefficient (Wildman–Crippen LogP) is 4.25. The molecule has 2 unspecified atom stereocenters. The Kier molecular flexibility index (Phi) is 11.8. The fourth-order valence-electron chi connectivity index (χ4n) is 10.5. The van der Waals surface area contributed by atoms with E-state index in [0.717, 1.165) is 67.5 Å². The Hall–Kier alpha value is -5.70. The third-order valence-electron chi connectivity index (χ3n) is 14.5. The summed E-state index contributed by atoms with van der Waals surface area (Å²) in [6.45, 7) is 10.6. The fraction of sp³-hybridized carbons (Fsp3) is 0.478. The molecule has 1 spiro atoms. The van der Waals surface area contributed by atoms with Crippen LogP contribution in [0.25, 0.3) is 21.8 Å². The van der Waals surface area contributed by atoms with E-state index in [1.165, 1.54) is 23.6 Å². The number of thiazole rings is 1. The molecule has 9 rings (SSSR count). The molecule has 20 heteroatoms. The molecule has 4 fully saturated rings. The van der Waals surface area contributed by atoms with Crippen molar-refractivity contribution in [2.24, 2.45) is 16.5 Å². The Morgan fingerprint density at radius 1 is 0.970 bits per heavy atom. The fourth-order valence-corrected chi connectivity index (χ4v) is 12.7. The van der Waals surface area contributed by atoms with Crippen molar-refractivity contribution in [3.8, 4) is 21.8 Å². The molecule has 5 N–H and O–H groups in total. The van der Waals surface area contributed by atoms with Crippen LogP contribution in [0.3, 0.4) is 0 Å². The lowest BCUT2D eigenvalue weighted by Gasteiger charge is -2.55. The standard InChI is InChI=1S/C46H53FN10O7S2/c1-4-34(66(49,63)64)29-6-5-7-30(37(29)47)38-39(32-12-17-50-44(48)51-32)65-43(53-38)45(2,3)26-13-18-55(19-14-26)36(59)23-54-20-15-46(16-21-54)24-56(25-46)27-8-9-28-31(22-27)42(62)57(41(28)61)33-10-11-35(58)52-40(33)60/h5-9,12,17,22,26,33-34H,4,10-11,13-16,18-21,23-25H2,1-3H3,(H2,48,50,51)(H2,49,63,64)(H,52,58,60). The quantitative estimate of drug-likeness (QED) is 0.179. The predicted molar refractivity (Wildman–Crippen MR) is 245 cm³/mol. The molecule has 2 atom stereocenters. The van der Waals surface area contributed by atoms with Gasteiger partial charge < -0.3 is 15.5 Å². The first-order valence-electron chi connectivity index (χ1n) is 22.4. The van der Waals surface area contributed by atoms with Crippen LogP contribution in [0, 0.1) is 17.2 Å². The number of hydrogen-bond donors (Lipinski definition) is 3. The number of hydrogen-bond acceptors (Lipinski definition) is 14. The number of aromatic nitrogens is 3. The minimum atomic E-state index is -4.09. The highest BCUT2D eigenvalue weighted by Gasteiger charge is 2.48. The first kappa shape index (κ1) is 45.5. The highest BCUT2D eigenvalue weighted by atomic mass is 32.2. The maximum atomic E-state index is 16.4. The molecule has 0 radical (unpaired) electrons. The van der Waals surface area contributed by atoms with E-state index >= 15 is 4.39 Å². The Labute approximate surface area is 386 Å². The molecule has 2 aromatic carbocycles. The van der Waals surface area contributed by atoms with Crippen LogP contribution in [0.1, 0.15) is 102 Å². The van der Waals surface area contributed by atoms with Crippen molar-refractivity contribution in [3.63, 3.8) is 0 Å². The molecular formula is C46H53FN10O7S2. The number of nitrogens with two attached hydrogens (primary N) is 2. The van der Waals surface area contributed by atoms with E-state index in [1.54, 1.807) is 37.3 Å². The zero-order valence-corrected chi connectivity index (χ0v) is 38.7. The molecule has 7 heterocycles. The Bertz CT molecular complexity index is 2760. The summed E-state index contributed by atoms with van der Waals surface area (Å²) in [5.74, 6) is -2.50. The number of nitrogen functional groups attached to an aromatic ring is 1. The number of piperidine rings is 3. The summed E-state index contributed by atoms with van der Waals surface area (Å²) >= 11 is 1.39. The van der Waals surface area contributed by atoms with Gasteiger partial charge in [0.25, 0.3) is 11.8 Å². The summed E-state index contributed by atoms with van der Waals surface area (Å²) in [7, 11) is -4.09. The lowest BCUT2D eigenvalue weighted by molar-refractivity contribution is -0.136. The summed E-state index contributed by atoms with van der Waals surface area (Å²) < 4.78 is 41.3. The van der Waals surface area contributed by atoms with Gasteiger partial charge in [0, 0.05) is 66.4 Å². The number of primary sulfonamides is 1. The normalized spacial score (nSPS) is 21.0.